The van der Waals surface area contributed by atoms with E-state index in [2.05, 4.69) is 26.0 Å². The van der Waals surface area contributed by atoms with Gasteiger partial charge in [-0.15, -0.1) is 0 Å². The molecule has 3 N–H and O–H groups in total. The average Bonchev–Trinajstić information content (AvgIpc) is 3.07. The maximum atomic E-state index is 12.5. The van der Waals surface area contributed by atoms with Crippen molar-refractivity contribution in [3.63, 3.8) is 0 Å². The van der Waals surface area contributed by atoms with Crippen LogP contribution < -0.4 is 5.73 Å². The first-order chi connectivity index (χ1) is 23.3. The molecule has 0 rings (SSSR count). The van der Waals surface area contributed by atoms with Gasteiger partial charge < -0.3 is 20.1 Å². The molecule has 0 saturated heterocycles. The molecule has 0 aromatic rings. The Labute approximate surface area is 294 Å². The van der Waals surface area contributed by atoms with Gasteiger partial charge in [0.15, 0.2) is 6.10 Å². The lowest BCUT2D eigenvalue weighted by molar-refractivity contribution is -0.161. The molecule has 0 aliphatic heterocycles. The summed E-state index contributed by atoms with van der Waals surface area (Å²) >= 11 is 0. The van der Waals surface area contributed by atoms with E-state index < -0.39 is 26.5 Å². The van der Waals surface area contributed by atoms with Crippen molar-refractivity contribution in [2.24, 2.45) is 5.73 Å². The molecule has 0 aromatic carbocycles. The summed E-state index contributed by atoms with van der Waals surface area (Å²) in [5.74, 6) is -0.825. The second-order valence-corrected chi connectivity index (χ2v) is 14.6. The molecule has 9 nitrogen and oxygen atoms in total. The fraction of sp³-hybridized carbons (Fsp3) is 0.895. The molecule has 0 radical (unpaired) electrons. The average molecular weight is 704 g/mol. The van der Waals surface area contributed by atoms with Gasteiger partial charge in [0.1, 0.15) is 6.61 Å². The topological polar surface area (TPSA) is 134 Å². The molecule has 1 unspecified atom stereocenters. The Hall–Kier alpha value is -1.25. The highest BCUT2D eigenvalue weighted by Gasteiger charge is 2.25. The van der Waals surface area contributed by atoms with Crippen molar-refractivity contribution in [3.8, 4) is 0 Å². The number of phosphoric ester groups is 1. The molecule has 0 amide bonds. The number of hydrogen-bond donors (Lipinski definition) is 2. The zero-order valence-corrected chi connectivity index (χ0v) is 31.9. The summed E-state index contributed by atoms with van der Waals surface area (Å²) in [7, 11) is -4.36. The molecule has 0 fully saturated rings. The smallest absolute Gasteiger partial charge is 0.462 e. The highest BCUT2D eigenvalue weighted by molar-refractivity contribution is 7.47. The van der Waals surface area contributed by atoms with Crippen LogP contribution in [0.3, 0.4) is 0 Å². The SMILES string of the molecule is CCCC/C=C/CCCCCCCCCCCC(=O)O[C@H](COC(=O)CCCCCCCCCCCCCC)COP(=O)(O)OCCN. The molecule has 0 spiro atoms. The predicted molar refractivity (Wildman–Crippen MR) is 197 cm³/mol. The van der Waals surface area contributed by atoms with E-state index >= 15 is 0 Å². The summed E-state index contributed by atoms with van der Waals surface area (Å²) in [6.45, 7) is 3.70. The molecule has 0 aromatic heterocycles. The first kappa shape index (κ1) is 46.8. The van der Waals surface area contributed by atoms with Crippen LogP contribution in [0.5, 0.6) is 0 Å². The van der Waals surface area contributed by atoms with Crippen LogP contribution in [0.4, 0.5) is 0 Å². The van der Waals surface area contributed by atoms with Gasteiger partial charge in [-0.2, -0.15) is 0 Å². The van der Waals surface area contributed by atoms with Crippen molar-refractivity contribution in [2.75, 3.05) is 26.4 Å². The van der Waals surface area contributed by atoms with E-state index in [1.54, 1.807) is 0 Å². The number of nitrogens with two attached hydrogens (primary N) is 1. The van der Waals surface area contributed by atoms with E-state index in [1.807, 2.05) is 0 Å². The van der Waals surface area contributed by atoms with E-state index in [-0.39, 0.29) is 38.6 Å². The number of allylic oxidation sites excluding steroid dienone is 2. The standard InChI is InChI=1S/C38H74NO8P/c1-3-5-7-9-11-13-15-17-18-19-21-23-25-27-29-31-38(41)47-36(35-46-48(42,43)45-33-32-39)34-44-37(40)30-28-26-24-22-20-16-14-12-10-8-6-4-2/h9,11,36H,3-8,10,12-35,39H2,1-2H3,(H,42,43)/b11-9+/t36-/m1/s1. The summed E-state index contributed by atoms with van der Waals surface area (Å²) in [5.41, 5.74) is 5.33. The molecule has 0 aliphatic carbocycles. The molecular weight excluding hydrogens is 629 g/mol. The van der Waals surface area contributed by atoms with Gasteiger partial charge >= 0.3 is 19.8 Å². The normalized spacial score (nSPS) is 13.5. The second kappa shape index (κ2) is 35.6. The van der Waals surface area contributed by atoms with Crippen LogP contribution in [0.2, 0.25) is 0 Å². The number of rotatable bonds is 37. The van der Waals surface area contributed by atoms with E-state index in [1.165, 1.54) is 116 Å². The summed E-state index contributed by atoms with van der Waals surface area (Å²) < 4.78 is 32.7. The largest absolute Gasteiger partial charge is 0.472 e. The lowest BCUT2D eigenvalue weighted by atomic mass is 10.0. The van der Waals surface area contributed by atoms with Crippen molar-refractivity contribution in [3.05, 3.63) is 12.2 Å². The van der Waals surface area contributed by atoms with Gasteiger partial charge in [-0.05, 0) is 32.1 Å². The third kappa shape index (κ3) is 34.6. The molecular formula is C38H74NO8P. The van der Waals surface area contributed by atoms with Crippen LogP contribution in [-0.4, -0.2) is 49.3 Å². The van der Waals surface area contributed by atoms with Crippen LogP contribution in [0, 0.1) is 0 Å². The maximum absolute atomic E-state index is 12.5. The third-order valence-corrected chi connectivity index (χ3v) is 9.39. The van der Waals surface area contributed by atoms with Crippen molar-refractivity contribution in [2.45, 2.75) is 193 Å². The van der Waals surface area contributed by atoms with E-state index in [0.717, 1.165) is 38.5 Å². The molecule has 48 heavy (non-hydrogen) atoms. The minimum Gasteiger partial charge on any atom is -0.462 e. The summed E-state index contributed by atoms with van der Waals surface area (Å²) in [6, 6.07) is 0. The van der Waals surface area contributed by atoms with Crippen LogP contribution >= 0.6 is 7.82 Å². The van der Waals surface area contributed by atoms with E-state index in [4.69, 9.17) is 24.3 Å². The zero-order chi connectivity index (χ0) is 35.4. The van der Waals surface area contributed by atoms with Crippen molar-refractivity contribution < 1.29 is 37.6 Å². The van der Waals surface area contributed by atoms with E-state index in [9.17, 15) is 19.0 Å². The zero-order valence-electron chi connectivity index (χ0n) is 31.0. The van der Waals surface area contributed by atoms with Crippen molar-refractivity contribution in [1.82, 2.24) is 0 Å². The Bertz CT molecular complexity index is 810. The van der Waals surface area contributed by atoms with Crippen LogP contribution in [0.1, 0.15) is 187 Å². The highest BCUT2D eigenvalue weighted by Crippen LogP contribution is 2.43. The first-order valence-electron chi connectivity index (χ1n) is 19.7. The van der Waals surface area contributed by atoms with Gasteiger partial charge in [0.25, 0.3) is 0 Å². The Morgan fingerprint density at radius 3 is 1.54 bits per heavy atom. The van der Waals surface area contributed by atoms with Gasteiger partial charge in [0, 0.05) is 19.4 Å². The van der Waals surface area contributed by atoms with Gasteiger partial charge in [0.2, 0.25) is 0 Å². The van der Waals surface area contributed by atoms with Crippen LogP contribution in [-0.2, 0) is 32.7 Å². The maximum Gasteiger partial charge on any atom is 0.472 e. The first-order valence-corrected chi connectivity index (χ1v) is 21.2. The molecule has 10 heteroatoms. The quantitative estimate of drug-likeness (QED) is 0.0280. The Balaban J connectivity index is 4.18. The molecule has 0 bridgehead atoms. The second-order valence-electron chi connectivity index (χ2n) is 13.2. The van der Waals surface area contributed by atoms with Crippen molar-refractivity contribution >= 4 is 19.8 Å². The molecule has 2 atom stereocenters. The monoisotopic (exact) mass is 704 g/mol. The Kier molecular flexibility index (Phi) is 34.6. The number of unbranched alkanes of at least 4 members (excludes halogenated alkanes) is 22. The molecule has 0 aliphatic rings. The lowest BCUT2D eigenvalue weighted by Gasteiger charge is -2.19. The third-order valence-electron chi connectivity index (χ3n) is 8.40. The number of carbonyl (C=O) groups is 2. The predicted octanol–water partition coefficient (Wildman–Crippen LogP) is 10.7. The molecule has 0 saturated carbocycles. The summed E-state index contributed by atoms with van der Waals surface area (Å²) in [5, 5.41) is 0. The van der Waals surface area contributed by atoms with Crippen LogP contribution in [0.15, 0.2) is 12.2 Å². The van der Waals surface area contributed by atoms with Crippen molar-refractivity contribution in [1.29, 1.82) is 0 Å². The number of hydrogen-bond acceptors (Lipinski definition) is 8. The van der Waals surface area contributed by atoms with E-state index in [0.29, 0.717) is 6.42 Å². The summed E-state index contributed by atoms with van der Waals surface area (Å²) in [4.78, 5) is 34.7. The van der Waals surface area contributed by atoms with Gasteiger partial charge in [-0.25, -0.2) is 4.57 Å². The van der Waals surface area contributed by atoms with Gasteiger partial charge in [0.05, 0.1) is 13.2 Å². The fourth-order valence-electron chi connectivity index (χ4n) is 5.44. The molecule has 0 heterocycles. The Morgan fingerprint density at radius 2 is 1.04 bits per heavy atom. The Morgan fingerprint density at radius 1 is 0.604 bits per heavy atom. The van der Waals surface area contributed by atoms with Gasteiger partial charge in [-0.3, -0.25) is 18.6 Å². The fourth-order valence-corrected chi connectivity index (χ4v) is 6.20. The number of esters is 2. The lowest BCUT2D eigenvalue weighted by Crippen LogP contribution is -2.29. The minimum atomic E-state index is -4.36. The minimum absolute atomic E-state index is 0.0557. The van der Waals surface area contributed by atoms with Gasteiger partial charge in [-0.1, -0.05) is 154 Å². The number of phosphoric acid groups is 1. The summed E-state index contributed by atoms with van der Waals surface area (Å²) in [6.07, 6.45) is 33.8. The molecule has 284 valence electrons. The number of carbonyl (C=O) groups excluding carboxylic acids is 2. The highest BCUT2D eigenvalue weighted by atomic mass is 31.2. The van der Waals surface area contributed by atoms with Crippen LogP contribution in [0.25, 0.3) is 0 Å². The number of ether oxygens (including phenoxy) is 2.